The van der Waals surface area contributed by atoms with Gasteiger partial charge in [0.2, 0.25) is 0 Å². The molecule has 1 rings (SSSR count). The Morgan fingerprint density at radius 1 is 1.33 bits per heavy atom. The summed E-state index contributed by atoms with van der Waals surface area (Å²) in [5.74, 6) is -0.876. The van der Waals surface area contributed by atoms with E-state index in [0.29, 0.717) is 0 Å². The van der Waals surface area contributed by atoms with E-state index in [4.69, 9.17) is 5.73 Å². The van der Waals surface area contributed by atoms with Crippen LogP contribution in [0.15, 0.2) is 12.1 Å². The molecular weight excluding hydrogens is 274 g/mol. The summed E-state index contributed by atoms with van der Waals surface area (Å²) in [5.41, 5.74) is 5.77. The van der Waals surface area contributed by atoms with Crippen LogP contribution in [0.3, 0.4) is 0 Å². The first-order valence-electron chi connectivity index (χ1n) is 5.02. The van der Waals surface area contributed by atoms with Gasteiger partial charge in [-0.25, -0.2) is 4.39 Å². The lowest BCUT2D eigenvalue weighted by atomic mass is 9.99. The third-order valence-corrected chi connectivity index (χ3v) is 2.43. The minimum Gasteiger partial charge on any atom is -0.507 e. The highest BCUT2D eigenvalue weighted by molar-refractivity contribution is 5.85. The molecule has 0 fully saturated rings. The van der Waals surface area contributed by atoms with Crippen LogP contribution in [0, 0.1) is 12.7 Å². The lowest BCUT2D eigenvalue weighted by molar-refractivity contribution is -0.136. The van der Waals surface area contributed by atoms with Gasteiger partial charge in [-0.3, -0.25) is 0 Å². The Morgan fingerprint density at radius 2 is 1.89 bits per heavy atom. The smallest absolute Gasteiger partial charge is 0.389 e. The molecule has 0 saturated carbocycles. The summed E-state index contributed by atoms with van der Waals surface area (Å²) in [6.07, 6.45) is -5.77. The number of phenolic OH excluding ortho intramolecular Hbond substituents is 1. The number of hydrogen-bond acceptors (Lipinski definition) is 2. The molecule has 0 amide bonds. The quantitative estimate of drug-likeness (QED) is 0.834. The Bertz CT molecular complexity index is 409. The second kappa shape index (κ2) is 6.24. The van der Waals surface area contributed by atoms with Gasteiger partial charge in [0.25, 0.3) is 0 Å². The average Bonchev–Trinajstić information content (AvgIpc) is 2.19. The van der Waals surface area contributed by atoms with Gasteiger partial charge >= 0.3 is 6.18 Å². The van der Waals surface area contributed by atoms with E-state index in [-0.39, 0.29) is 35.7 Å². The molecule has 0 aliphatic heterocycles. The van der Waals surface area contributed by atoms with Gasteiger partial charge in [0.15, 0.2) is 0 Å². The van der Waals surface area contributed by atoms with Gasteiger partial charge in [0.1, 0.15) is 11.6 Å². The zero-order chi connectivity index (χ0) is 13.2. The largest absolute Gasteiger partial charge is 0.507 e. The molecule has 0 radical (unpaired) electrons. The molecule has 0 unspecified atom stereocenters. The molecule has 18 heavy (non-hydrogen) atoms. The average molecular weight is 288 g/mol. The Morgan fingerprint density at radius 3 is 2.39 bits per heavy atom. The van der Waals surface area contributed by atoms with E-state index in [1.165, 1.54) is 6.92 Å². The van der Waals surface area contributed by atoms with E-state index in [2.05, 4.69) is 0 Å². The second-order valence-electron chi connectivity index (χ2n) is 3.92. The highest BCUT2D eigenvalue weighted by Crippen LogP contribution is 2.32. The molecule has 0 bridgehead atoms. The van der Waals surface area contributed by atoms with Crippen LogP contribution in [0.25, 0.3) is 0 Å². The summed E-state index contributed by atoms with van der Waals surface area (Å²) in [6.45, 7) is 1.46. The van der Waals surface area contributed by atoms with E-state index in [1.807, 2.05) is 0 Å². The first-order chi connectivity index (χ1) is 7.70. The zero-order valence-electron chi connectivity index (χ0n) is 9.59. The van der Waals surface area contributed by atoms with Crippen molar-refractivity contribution >= 4 is 12.4 Å². The van der Waals surface area contributed by atoms with Crippen LogP contribution >= 0.6 is 12.4 Å². The number of halogens is 5. The molecule has 0 aliphatic carbocycles. The lowest BCUT2D eigenvalue weighted by Gasteiger charge is -2.16. The number of benzene rings is 1. The van der Waals surface area contributed by atoms with Crippen molar-refractivity contribution in [2.24, 2.45) is 5.73 Å². The maximum absolute atomic E-state index is 13.1. The summed E-state index contributed by atoms with van der Waals surface area (Å²) < 4.78 is 49.0. The van der Waals surface area contributed by atoms with E-state index in [0.717, 1.165) is 12.1 Å². The first kappa shape index (κ1) is 17.0. The highest BCUT2D eigenvalue weighted by Gasteiger charge is 2.28. The summed E-state index contributed by atoms with van der Waals surface area (Å²) in [6, 6.07) is 1.02. The van der Waals surface area contributed by atoms with Crippen molar-refractivity contribution in [3.05, 3.63) is 29.1 Å². The fraction of sp³-hybridized carbons (Fsp3) is 0.455. The van der Waals surface area contributed by atoms with E-state index < -0.39 is 24.5 Å². The van der Waals surface area contributed by atoms with Crippen LogP contribution in [0.2, 0.25) is 0 Å². The van der Waals surface area contributed by atoms with E-state index in [9.17, 15) is 22.7 Å². The third-order valence-electron chi connectivity index (χ3n) is 2.43. The fourth-order valence-corrected chi connectivity index (χ4v) is 1.52. The zero-order valence-corrected chi connectivity index (χ0v) is 10.4. The third kappa shape index (κ3) is 4.70. The molecule has 1 atom stereocenters. The Hall–Kier alpha value is -1.01. The fourth-order valence-electron chi connectivity index (χ4n) is 1.52. The summed E-state index contributed by atoms with van der Waals surface area (Å²) in [5, 5.41) is 9.59. The van der Waals surface area contributed by atoms with Gasteiger partial charge in [-0.2, -0.15) is 13.2 Å². The molecule has 1 aromatic carbocycles. The second-order valence-corrected chi connectivity index (χ2v) is 3.92. The summed E-state index contributed by atoms with van der Waals surface area (Å²) >= 11 is 0. The van der Waals surface area contributed by atoms with Gasteiger partial charge in [0.05, 0.1) is 0 Å². The van der Waals surface area contributed by atoms with Gasteiger partial charge in [-0.1, -0.05) is 0 Å². The van der Waals surface area contributed by atoms with Crippen molar-refractivity contribution in [2.45, 2.75) is 32.0 Å². The van der Waals surface area contributed by atoms with Crippen molar-refractivity contribution < 1.29 is 22.7 Å². The topological polar surface area (TPSA) is 46.2 Å². The monoisotopic (exact) mass is 287 g/mol. The maximum atomic E-state index is 13.1. The van der Waals surface area contributed by atoms with Crippen molar-refractivity contribution in [3.8, 4) is 5.75 Å². The highest BCUT2D eigenvalue weighted by atomic mass is 35.5. The Balaban J connectivity index is 0.00000289. The number of rotatable bonds is 3. The van der Waals surface area contributed by atoms with Crippen LogP contribution in [0.1, 0.15) is 30.0 Å². The van der Waals surface area contributed by atoms with E-state index in [1.54, 1.807) is 0 Å². The van der Waals surface area contributed by atoms with Crippen LogP contribution < -0.4 is 5.73 Å². The predicted molar refractivity (Wildman–Crippen MR) is 62.3 cm³/mol. The molecule has 0 aliphatic rings. The molecular formula is C11H14ClF4NO. The van der Waals surface area contributed by atoms with Crippen molar-refractivity contribution in [2.75, 3.05) is 0 Å². The van der Waals surface area contributed by atoms with Gasteiger partial charge in [-0.15, -0.1) is 12.4 Å². The number of hydrogen-bond donors (Lipinski definition) is 2. The molecule has 1 aromatic rings. The van der Waals surface area contributed by atoms with Gasteiger partial charge in [-0.05, 0) is 31.0 Å². The number of phenols is 1. The van der Waals surface area contributed by atoms with Crippen molar-refractivity contribution in [1.82, 2.24) is 0 Å². The molecule has 104 valence electrons. The minimum absolute atomic E-state index is 0. The van der Waals surface area contributed by atoms with Gasteiger partial charge < -0.3 is 10.8 Å². The van der Waals surface area contributed by atoms with Crippen LogP contribution in [0.5, 0.6) is 5.75 Å². The van der Waals surface area contributed by atoms with Gasteiger partial charge in [0, 0.05) is 18.0 Å². The molecule has 0 aromatic heterocycles. The molecule has 0 spiro atoms. The van der Waals surface area contributed by atoms with Crippen molar-refractivity contribution in [3.63, 3.8) is 0 Å². The lowest BCUT2D eigenvalue weighted by Crippen LogP contribution is -2.16. The van der Waals surface area contributed by atoms with Crippen LogP contribution in [0.4, 0.5) is 17.6 Å². The molecule has 0 saturated heterocycles. The summed E-state index contributed by atoms with van der Waals surface area (Å²) in [4.78, 5) is 0. The number of aryl methyl sites for hydroxylation is 1. The number of nitrogens with two attached hydrogens (primary N) is 1. The standard InChI is InChI=1S/C11H13F4NO.ClH/c1-6-4-7(12)5-8(10(6)17)9(16)2-3-11(13,14)15;/h4-5,9,17H,2-3,16H2,1H3;1H/t9-;/m1./s1. The maximum Gasteiger partial charge on any atom is 0.389 e. The molecule has 7 heteroatoms. The van der Waals surface area contributed by atoms with Crippen molar-refractivity contribution in [1.29, 1.82) is 0 Å². The van der Waals surface area contributed by atoms with Crippen LogP contribution in [-0.2, 0) is 0 Å². The molecule has 2 nitrogen and oxygen atoms in total. The number of aromatic hydroxyl groups is 1. The summed E-state index contributed by atoms with van der Waals surface area (Å²) in [7, 11) is 0. The molecule has 3 N–H and O–H groups in total. The Labute approximate surface area is 108 Å². The van der Waals surface area contributed by atoms with E-state index >= 15 is 0 Å². The number of alkyl halides is 3. The SMILES string of the molecule is Cc1cc(F)cc([C@H](N)CCC(F)(F)F)c1O.Cl. The normalized spacial score (nSPS) is 13.0. The molecule has 0 heterocycles. The minimum atomic E-state index is -4.31. The van der Waals surface area contributed by atoms with Crippen LogP contribution in [-0.4, -0.2) is 11.3 Å². The Kier molecular flexibility index (Phi) is 5.89. The predicted octanol–water partition coefficient (Wildman–Crippen LogP) is 3.60. The first-order valence-corrected chi connectivity index (χ1v) is 5.02.